The molecule has 0 saturated heterocycles. The average Bonchev–Trinajstić information content (AvgIpc) is 2.59. The second-order valence-corrected chi connectivity index (χ2v) is 2.89. The topological polar surface area (TPSA) is 51.5 Å². The van der Waals surface area contributed by atoms with Crippen LogP contribution in [0, 0.1) is 0 Å². The summed E-state index contributed by atoms with van der Waals surface area (Å²) in [6.45, 7) is 0. The minimum atomic E-state index is -0.992. The predicted molar refractivity (Wildman–Crippen MR) is 51.9 cm³/mol. The Morgan fingerprint density at radius 3 is 2.86 bits per heavy atom. The van der Waals surface area contributed by atoms with Gasteiger partial charge in [-0.3, -0.25) is 4.57 Å². The fraction of sp³-hybridized carbons (Fsp3) is 0.100. The number of carbonyl (C=O) groups is 1. The summed E-state index contributed by atoms with van der Waals surface area (Å²) in [5.74, 6) is 0.652. The molecule has 0 amide bonds. The van der Waals surface area contributed by atoms with Crippen LogP contribution in [0.25, 0.3) is 10.9 Å². The summed E-state index contributed by atoms with van der Waals surface area (Å²) in [6, 6.07) is 7.08. The predicted octanol–water partition coefficient (Wildman–Crippen LogP) is 2.18. The van der Waals surface area contributed by atoms with E-state index in [1.165, 1.54) is 6.20 Å². The number of hydrogen-bond donors (Lipinski definition) is 1. The van der Waals surface area contributed by atoms with Gasteiger partial charge in [0.05, 0.1) is 12.6 Å². The lowest BCUT2D eigenvalue weighted by Crippen LogP contribution is -2.05. The average molecular weight is 191 g/mol. The zero-order chi connectivity index (χ0) is 10.1. The van der Waals surface area contributed by atoms with E-state index in [1.54, 1.807) is 25.3 Å². The first kappa shape index (κ1) is 8.62. The van der Waals surface area contributed by atoms with Crippen LogP contribution in [0.2, 0.25) is 0 Å². The Morgan fingerprint density at radius 1 is 1.43 bits per heavy atom. The fourth-order valence-electron chi connectivity index (χ4n) is 1.40. The number of hydrogen-bond acceptors (Lipinski definition) is 2. The van der Waals surface area contributed by atoms with Gasteiger partial charge in [-0.25, -0.2) is 4.79 Å². The van der Waals surface area contributed by atoms with Gasteiger partial charge < -0.3 is 9.84 Å². The van der Waals surface area contributed by atoms with Gasteiger partial charge in [-0.2, -0.15) is 0 Å². The second kappa shape index (κ2) is 3.06. The first-order valence-electron chi connectivity index (χ1n) is 4.11. The first-order chi connectivity index (χ1) is 6.72. The van der Waals surface area contributed by atoms with E-state index in [9.17, 15) is 4.79 Å². The van der Waals surface area contributed by atoms with Gasteiger partial charge in [0, 0.05) is 17.6 Å². The Hall–Kier alpha value is -1.97. The molecule has 0 aliphatic heterocycles. The molecule has 1 aromatic carbocycles. The first-order valence-corrected chi connectivity index (χ1v) is 4.11. The van der Waals surface area contributed by atoms with E-state index in [-0.39, 0.29) is 0 Å². The van der Waals surface area contributed by atoms with Crippen molar-refractivity contribution in [3.05, 3.63) is 30.5 Å². The lowest BCUT2D eigenvalue weighted by atomic mass is 10.2. The third-order valence-electron chi connectivity index (χ3n) is 2.11. The van der Waals surface area contributed by atoms with Crippen LogP contribution in [0.1, 0.15) is 0 Å². The third kappa shape index (κ3) is 1.21. The molecule has 1 N–H and O–H groups in total. The number of rotatable bonds is 1. The summed E-state index contributed by atoms with van der Waals surface area (Å²) in [7, 11) is 1.55. The molecule has 0 radical (unpaired) electrons. The van der Waals surface area contributed by atoms with E-state index in [0.717, 1.165) is 9.95 Å². The number of nitrogens with zero attached hydrogens (tertiary/aromatic N) is 1. The van der Waals surface area contributed by atoms with Crippen molar-refractivity contribution in [2.75, 3.05) is 7.11 Å². The number of ether oxygens (including phenoxy) is 1. The molecular weight excluding hydrogens is 182 g/mol. The minimum absolute atomic E-state index is 0.636. The van der Waals surface area contributed by atoms with Gasteiger partial charge in [-0.1, -0.05) is 0 Å². The van der Waals surface area contributed by atoms with Crippen LogP contribution in [0.15, 0.2) is 30.5 Å². The van der Waals surface area contributed by atoms with Crippen LogP contribution < -0.4 is 4.74 Å². The Bertz CT molecular complexity index is 487. The van der Waals surface area contributed by atoms with Crippen LogP contribution >= 0.6 is 0 Å². The maximum Gasteiger partial charge on any atom is 0.416 e. The Kier molecular flexibility index (Phi) is 1.89. The van der Waals surface area contributed by atoms with Crippen molar-refractivity contribution in [3.63, 3.8) is 0 Å². The SMILES string of the molecule is COc1ccc2ccn(C(=O)O)c2c1. The van der Waals surface area contributed by atoms with Crippen molar-refractivity contribution in [1.29, 1.82) is 0 Å². The van der Waals surface area contributed by atoms with E-state index in [1.807, 2.05) is 6.07 Å². The van der Waals surface area contributed by atoms with Gasteiger partial charge in [0.2, 0.25) is 0 Å². The quantitative estimate of drug-likeness (QED) is 0.751. The van der Waals surface area contributed by atoms with Crippen LogP contribution in [0.3, 0.4) is 0 Å². The zero-order valence-corrected chi connectivity index (χ0v) is 7.60. The molecular formula is C10H9NO3. The number of carboxylic acid groups (broad SMARTS) is 1. The molecule has 4 heteroatoms. The number of aromatic nitrogens is 1. The van der Waals surface area contributed by atoms with Crippen molar-refractivity contribution in [2.45, 2.75) is 0 Å². The van der Waals surface area contributed by atoms with E-state index >= 15 is 0 Å². The number of methoxy groups -OCH3 is 1. The van der Waals surface area contributed by atoms with Gasteiger partial charge >= 0.3 is 6.09 Å². The molecule has 0 saturated carbocycles. The summed E-state index contributed by atoms with van der Waals surface area (Å²) < 4.78 is 6.18. The highest BCUT2D eigenvalue weighted by molar-refractivity contribution is 5.89. The molecule has 0 atom stereocenters. The molecule has 0 spiro atoms. The van der Waals surface area contributed by atoms with E-state index in [4.69, 9.17) is 9.84 Å². The molecule has 0 aliphatic carbocycles. The highest BCUT2D eigenvalue weighted by atomic mass is 16.5. The molecule has 0 aliphatic rings. The fourth-order valence-corrected chi connectivity index (χ4v) is 1.40. The van der Waals surface area contributed by atoms with Crippen LogP contribution in [0.4, 0.5) is 4.79 Å². The second-order valence-electron chi connectivity index (χ2n) is 2.89. The number of fused-ring (bicyclic) bond motifs is 1. The lowest BCUT2D eigenvalue weighted by Gasteiger charge is -2.01. The van der Waals surface area contributed by atoms with Crippen LogP contribution in [-0.4, -0.2) is 22.9 Å². The Labute approximate surface area is 80.3 Å². The number of benzene rings is 1. The van der Waals surface area contributed by atoms with E-state index in [2.05, 4.69) is 0 Å². The highest BCUT2D eigenvalue weighted by Gasteiger charge is 2.06. The molecule has 2 rings (SSSR count). The van der Waals surface area contributed by atoms with Crippen LogP contribution in [0.5, 0.6) is 5.75 Å². The molecule has 0 bridgehead atoms. The standard InChI is InChI=1S/C10H9NO3/c1-14-8-3-2-7-4-5-11(10(12)13)9(7)6-8/h2-6H,1H3,(H,12,13). The molecule has 14 heavy (non-hydrogen) atoms. The summed E-state index contributed by atoms with van der Waals surface area (Å²) in [5.41, 5.74) is 0.636. The van der Waals surface area contributed by atoms with Gasteiger partial charge in [-0.05, 0) is 18.2 Å². The molecule has 1 aromatic heterocycles. The summed E-state index contributed by atoms with van der Waals surface area (Å²) in [5, 5.41) is 9.74. The lowest BCUT2D eigenvalue weighted by molar-refractivity contribution is 0.197. The van der Waals surface area contributed by atoms with Crippen molar-refractivity contribution < 1.29 is 14.6 Å². The zero-order valence-electron chi connectivity index (χ0n) is 7.60. The van der Waals surface area contributed by atoms with Gasteiger partial charge in [0.15, 0.2) is 0 Å². The van der Waals surface area contributed by atoms with Gasteiger partial charge in [-0.15, -0.1) is 0 Å². The molecule has 1 heterocycles. The highest BCUT2D eigenvalue weighted by Crippen LogP contribution is 2.21. The van der Waals surface area contributed by atoms with Gasteiger partial charge in [0.25, 0.3) is 0 Å². The van der Waals surface area contributed by atoms with Crippen LogP contribution in [-0.2, 0) is 0 Å². The largest absolute Gasteiger partial charge is 0.497 e. The van der Waals surface area contributed by atoms with E-state index in [0.29, 0.717) is 11.3 Å². The maximum atomic E-state index is 10.8. The molecule has 0 unspecified atom stereocenters. The molecule has 4 nitrogen and oxygen atoms in total. The molecule has 2 aromatic rings. The third-order valence-corrected chi connectivity index (χ3v) is 2.11. The smallest absolute Gasteiger partial charge is 0.416 e. The normalized spacial score (nSPS) is 10.4. The van der Waals surface area contributed by atoms with Crippen molar-refractivity contribution in [1.82, 2.24) is 4.57 Å². The molecule has 72 valence electrons. The summed E-state index contributed by atoms with van der Waals surface area (Å²) >= 11 is 0. The Balaban J connectivity index is 2.69. The monoisotopic (exact) mass is 191 g/mol. The maximum absolute atomic E-state index is 10.8. The molecule has 0 fully saturated rings. The van der Waals surface area contributed by atoms with Crippen molar-refractivity contribution in [3.8, 4) is 5.75 Å². The van der Waals surface area contributed by atoms with Gasteiger partial charge in [0.1, 0.15) is 5.75 Å². The summed E-state index contributed by atoms with van der Waals surface area (Å²) in [4.78, 5) is 10.8. The summed E-state index contributed by atoms with van der Waals surface area (Å²) in [6.07, 6.45) is 0.528. The Morgan fingerprint density at radius 2 is 2.21 bits per heavy atom. The van der Waals surface area contributed by atoms with Crippen molar-refractivity contribution in [2.24, 2.45) is 0 Å². The minimum Gasteiger partial charge on any atom is -0.497 e. The van der Waals surface area contributed by atoms with E-state index < -0.39 is 6.09 Å². The van der Waals surface area contributed by atoms with Crippen molar-refractivity contribution >= 4 is 17.0 Å².